The van der Waals surface area contributed by atoms with Gasteiger partial charge in [0.15, 0.2) is 5.96 Å². The van der Waals surface area contributed by atoms with Gasteiger partial charge in [-0.2, -0.15) is 0 Å². The van der Waals surface area contributed by atoms with Crippen LogP contribution in [0.15, 0.2) is 70.3 Å². The van der Waals surface area contributed by atoms with Gasteiger partial charge in [0.25, 0.3) is 0 Å². The Kier molecular flexibility index (Phi) is 8.78. The Hall–Kier alpha value is -2.75. The summed E-state index contributed by atoms with van der Waals surface area (Å²) in [5.74, 6) is 2.43. The molecule has 0 saturated carbocycles. The lowest BCUT2D eigenvalue weighted by atomic mass is 10.2. The maximum Gasteiger partial charge on any atom is 0.226 e. The zero-order chi connectivity index (χ0) is 21.5. The first kappa shape index (κ1) is 23.9. The summed E-state index contributed by atoms with van der Waals surface area (Å²) < 4.78 is 11.0. The predicted octanol–water partition coefficient (Wildman–Crippen LogP) is 4.26. The van der Waals surface area contributed by atoms with Gasteiger partial charge in [0, 0.05) is 50.0 Å². The van der Waals surface area contributed by atoms with Crippen molar-refractivity contribution in [3.05, 3.63) is 66.6 Å². The van der Waals surface area contributed by atoms with Crippen LogP contribution in [0.1, 0.15) is 12.6 Å². The van der Waals surface area contributed by atoms with E-state index in [0.29, 0.717) is 12.4 Å². The molecule has 2 aromatic carbocycles. The van der Waals surface area contributed by atoms with Crippen LogP contribution in [0.25, 0.3) is 11.5 Å². The van der Waals surface area contributed by atoms with E-state index in [1.54, 1.807) is 13.4 Å². The van der Waals surface area contributed by atoms with Gasteiger partial charge in [-0.05, 0) is 31.2 Å². The van der Waals surface area contributed by atoms with Crippen LogP contribution in [-0.4, -0.2) is 55.7 Å². The molecule has 0 bridgehead atoms. The van der Waals surface area contributed by atoms with Gasteiger partial charge < -0.3 is 24.3 Å². The van der Waals surface area contributed by atoms with Crippen molar-refractivity contribution < 1.29 is 9.15 Å². The molecule has 0 aliphatic carbocycles. The third kappa shape index (κ3) is 5.93. The molecule has 1 N–H and O–H groups in total. The smallest absolute Gasteiger partial charge is 0.226 e. The lowest BCUT2D eigenvalue weighted by Gasteiger charge is -2.37. The average molecular weight is 547 g/mol. The third-order valence-electron chi connectivity index (χ3n) is 5.30. The van der Waals surface area contributed by atoms with E-state index in [1.807, 2.05) is 42.5 Å². The van der Waals surface area contributed by atoms with Crippen LogP contribution in [0.5, 0.6) is 5.75 Å². The van der Waals surface area contributed by atoms with E-state index in [4.69, 9.17) is 14.1 Å². The Morgan fingerprint density at radius 3 is 2.59 bits per heavy atom. The van der Waals surface area contributed by atoms with Gasteiger partial charge in [-0.1, -0.05) is 24.3 Å². The Balaban J connectivity index is 0.00000289. The van der Waals surface area contributed by atoms with Gasteiger partial charge in [0.1, 0.15) is 17.7 Å². The monoisotopic (exact) mass is 547 g/mol. The molecular weight excluding hydrogens is 517 g/mol. The molecule has 0 atom stereocenters. The summed E-state index contributed by atoms with van der Waals surface area (Å²) in [7, 11) is 1.70. The summed E-state index contributed by atoms with van der Waals surface area (Å²) >= 11 is 0. The summed E-state index contributed by atoms with van der Waals surface area (Å²) in [6, 6.07) is 18.1. The third-order valence-corrected chi connectivity index (χ3v) is 5.30. The Bertz CT molecular complexity index is 1000. The second-order valence-corrected chi connectivity index (χ2v) is 7.36. The standard InChI is InChI=1S/C24H29N5O2.HI/c1-3-25-24(26-17-20-18-31-23(27-20)19-8-5-4-6-9-19)29-14-12-28(13-15-29)21-10-7-11-22(16-21)30-2;/h4-11,16,18H,3,12-15,17H2,1-2H3,(H,25,26);1H. The maximum absolute atomic E-state index is 5.64. The Labute approximate surface area is 206 Å². The van der Waals surface area contributed by atoms with Crippen LogP contribution in [0, 0.1) is 0 Å². The summed E-state index contributed by atoms with van der Waals surface area (Å²) in [6.07, 6.45) is 1.69. The number of hydrogen-bond acceptors (Lipinski definition) is 5. The molecule has 7 nitrogen and oxygen atoms in total. The predicted molar refractivity (Wildman–Crippen MR) is 139 cm³/mol. The van der Waals surface area contributed by atoms with E-state index in [2.05, 4.69) is 39.2 Å². The SMILES string of the molecule is CCNC(=NCc1coc(-c2ccccc2)n1)N1CCN(c2cccc(OC)c2)CC1.I. The molecule has 0 radical (unpaired) electrons. The van der Waals surface area contributed by atoms with Crippen LogP contribution < -0.4 is 15.0 Å². The summed E-state index contributed by atoms with van der Waals surface area (Å²) in [5.41, 5.74) is 2.99. The van der Waals surface area contributed by atoms with E-state index in [1.165, 1.54) is 5.69 Å². The molecule has 2 heterocycles. The number of benzene rings is 2. The molecule has 4 rings (SSSR count). The average Bonchev–Trinajstić information content (AvgIpc) is 3.32. The van der Waals surface area contributed by atoms with Crippen molar-refractivity contribution in [2.45, 2.75) is 13.5 Å². The second kappa shape index (κ2) is 11.8. The molecule has 0 unspecified atom stereocenters. The molecule has 1 fully saturated rings. The Morgan fingerprint density at radius 1 is 1.09 bits per heavy atom. The number of aliphatic imine (C=N–C) groups is 1. The lowest BCUT2D eigenvalue weighted by molar-refractivity contribution is 0.372. The van der Waals surface area contributed by atoms with Crippen molar-refractivity contribution in [2.75, 3.05) is 44.7 Å². The van der Waals surface area contributed by atoms with Gasteiger partial charge >= 0.3 is 0 Å². The zero-order valence-electron chi connectivity index (χ0n) is 18.5. The fourth-order valence-corrected chi connectivity index (χ4v) is 3.66. The highest BCUT2D eigenvalue weighted by Crippen LogP contribution is 2.22. The summed E-state index contributed by atoms with van der Waals surface area (Å²) in [4.78, 5) is 14.1. The molecule has 170 valence electrons. The number of aromatic nitrogens is 1. The molecule has 0 amide bonds. The number of nitrogens with one attached hydrogen (secondary N) is 1. The first-order chi connectivity index (χ1) is 15.3. The maximum atomic E-state index is 5.64. The van der Waals surface area contributed by atoms with Crippen LogP contribution in [0.2, 0.25) is 0 Å². The van der Waals surface area contributed by atoms with Crippen LogP contribution in [0.3, 0.4) is 0 Å². The molecule has 0 spiro atoms. The van der Waals surface area contributed by atoms with Crippen molar-refractivity contribution in [3.63, 3.8) is 0 Å². The number of ether oxygens (including phenoxy) is 1. The van der Waals surface area contributed by atoms with Gasteiger partial charge in [-0.3, -0.25) is 0 Å². The molecule has 1 aliphatic rings. The van der Waals surface area contributed by atoms with Crippen molar-refractivity contribution in [3.8, 4) is 17.2 Å². The van der Waals surface area contributed by atoms with Crippen LogP contribution >= 0.6 is 24.0 Å². The van der Waals surface area contributed by atoms with Crippen LogP contribution in [-0.2, 0) is 6.54 Å². The van der Waals surface area contributed by atoms with E-state index < -0.39 is 0 Å². The zero-order valence-corrected chi connectivity index (χ0v) is 20.9. The number of methoxy groups -OCH3 is 1. The molecule has 1 aromatic heterocycles. The first-order valence-electron chi connectivity index (χ1n) is 10.7. The highest BCUT2D eigenvalue weighted by Gasteiger charge is 2.20. The lowest BCUT2D eigenvalue weighted by Crippen LogP contribution is -2.52. The first-order valence-corrected chi connectivity index (χ1v) is 10.7. The minimum Gasteiger partial charge on any atom is -0.497 e. The van der Waals surface area contributed by atoms with E-state index in [9.17, 15) is 0 Å². The fourth-order valence-electron chi connectivity index (χ4n) is 3.66. The minimum atomic E-state index is 0. The van der Waals surface area contributed by atoms with Gasteiger partial charge in [-0.25, -0.2) is 9.98 Å². The fraction of sp³-hybridized carbons (Fsp3) is 0.333. The molecule has 1 saturated heterocycles. The molecule has 3 aromatic rings. The molecule has 32 heavy (non-hydrogen) atoms. The number of halogens is 1. The van der Waals surface area contributed by atoms with E-state index in [0.717, 1.165) is 55.7 Å². The summed E-state index contributed by atoms with van der Waals surface area (Å²) in [6.45, 7) is 7.05. The number of piperazine rings is 1. The highest BCUT2D eigenvalue weighted by molar-refractivity contribution is 14.0. The highest BCUT2D eigenvalue weighted by atomic mass is 127. The van der Waals surface area contributed by atoms with Gasteiger partial charge in [0.05, 0.1) is 13.7 Å². The van der Waals surface area contributed by atoms with Crippen molar-refractivity contribution in [2.24, 2.45) is 4.99 Å². The molecule has 8 heteroatoms. The molecular formula is C24H30IN5O2. The number of rotatable bonds is 6. The number of oxazole rings is 1. The van der Waals surface area contributed by atoms with Crippen molar-refractivity contribution in [1.29, 1.82) is 0 Å². The quantitative estimate of drug-likeness (QED) is 0.283. The van der Waals surface area contributed by atoms with Crippen LogP contribution in [0.4, 0.5) is 5.69 Å². The van der Waals surface area contributed by atoms with Crippen molar-refractivity contribution in [1.82, 2.24) is 15.2 Å². The Morgan fingerprint density at radius 2 is 1.88 bits per heavy atom. The number of anilines is 1. The summed E-state index contributed by atoms with van der Waals surface area (Å²) in [5, 5.41) is 3.41. The normalized spacial score (nSPS) is 14.1. The van der Waals surface area contributed by atoms with Crippen molar-refractivity contribution >= 4 is 35.6 Å². The van der Waals surface area contributed by atoms with Gasteiger partial charge in [0.2, 0.25) is 5.89 Å². The second-order valence-electron chi connectivity index (χ2n) is 7.36. The number of nitrogens with zero attached hydrogens (tertiary/aromatic N) is 4. The number of guanidine groups is 1. The van der Waals surface area contributed by atoms with E-state index in [-0.39, 0.29) is 24.0 Å². The van der Waals surface area contributed by atoms with E-state index >= 15 is 0 Å². The minimum absolute atomic E-state index is 0. The van der Waals surface area contributed by atoms with Gasteiger partial charge in [-0.15, -0.1) is 24.0 Å². The largest absolute Gasteiger partial charge is 0.497 e. The topological polar surface area (TPSA) is 66.1 Å². The molecule has 1 aliphatic heterocycles. The number of hydrogen-bond donors (Lipinski definition) is 1.